The first-order valence-corrected chi connectivity index (χ1v) is 5.22. The minimum atomic E-state index is -0.661. The van der Waals surface area contributed by atoms with Crippen LogP contribution < -0.4 is 0 Å². The zero-order valence-electron chi connectivity index (χ0n) is 9.29. The predicted molar refractivity (Wildman–Crippen MR) is 56.4 cm³/mol. The molecular formula is C10H14N4O2. The Morgan fingerprint density at radius 3 is 3.00 bits per heavy atom. The quantitative estimate of drug-likeness (QED) is 0.843. The van der Waals surface area contributed by atoms with Gasteiger partial charge in [0.15, 0.2) is 5.69 Å². The van der Waals surface area contributed by atoms with Crippen molar-refractivity contribution in [2.24, 2.45) is 7.05 Å². The van der Waals surface area contributed by atoms with Crippen molar-refractivity contribution in [2.75, 3.05) is 0 Å². The minimum Gasteiger partial charge on any atom is -0.385 e. The second kappa shape index (κ2) is 4.44. The Labute approximate surface area is 92.9 Å². The van der Waals surface area contributed by atoms with Gasteiger partial charge in [-0.1, -0.05) is 18.5 Å². The molecule has 0 bridgehead atoms. The number of hydrogen-bond donors (Lipinski definition) is 1. The van der Waals surface area contributed by atoms with Crippen molar-refractivity contribution >= 4 is 0 Å². The Morgan fingerprint density at radius 2 is 2.38 bits per heavy atom. The van der Waals surface area contributed by atoms with Gasteiger partial charge in [0.25, 0.3) is 5.89 Å². The van der Waals surface area contributed by atoms with Gasteiger partial charge in [-0.2, -0.15) is 10.1 Å². The van der Waals surface area contributed by atoms with Gasteiger partial charge in [-0.05, 0) is 12.5 Å². The lowest BCUT2D eigenvalue weighted by Crippen LogP contribution is -1.98. The lowest BCUT2D eigenvalue weighted by molar-refractivity contribution is 0.153. The molecule has 0 aliphatic rings. The molecule has 6 heteroatoms. The van der Waals surface area contributed by atoms with Crippen LogP contribution in [-0.2, 0) is 7.05 Å². The molecule has 2 aromatic rings. The highest BCUT2D eigenvalue weighted by atomic mass is 16.5. The monoisotopic (exact) mass is 222 g/mol. The van der Waals surface area contributed by atoms with Crippen molar-refractivity contribution in [1.82, 2.24) is 19.9 Å². The Bertz CT molecular complexity index is 463. The van der Waals surface area contributed by atoms with Crippen LogP contribution in [0.1, 0.15) is 31.7 Å². The van der Waals surface area contributed by atoms with E-state index in [0.29, 0.717) is 23.8 Å². The molecule has 0 spiro atoms. The maximum absolute atomic E-state index is 9.68. The highest BCUT2D eigenvalue weighted by Gasteiger charge is 2.16. The van der Waals surface area contributed by atoms with Crippen LogP contribution in [0.5, 0.6) is 0 Å². The summed E-state index contributed by atoms with van der Waals surface area (Å²) in [7, 11) is 1.81. The van der Waals surface area contributed by atoms with Crippen LogP contribution in [0, 0.1) is 0 Å². The smallest absolute Gasteiger partial charge is 0.278 e. The molecule has 2 aromatic heterocycles. The van der Waals surface area contributed by atoms with Crippen LogP contribution in [0.2, 0.25) is 0 Å². The predicted octanol–water partition coefficient (Wildman–Crippen LogP) is 1.30. The molecule has 6 nitrogen and oxygen atoms in total. The highest BCUT2D eigenvalue weighted by molar-refractivity contribution is 5.44. The molecule has 0 fully saturated rings. The summed E-state index contributed by atoms with van der Waals surface area (Å²) < 4.78 is 6.69. The minimum absolute atomic E-state index is 0.322. The van der Waals surface area contributed by atoms with E-state index in [1.165, 1.54) is 0 Å². The summed E-state index contributed by atoms with van der Waals surface area (Å²) in [5, 5.41) is 17.5. The summed E-state index contributed by atoms with van der Waals surface area (Å²) in [5.74, 6) is 0.660. The summed E-state index contributed by atoms with van der Waals surface area (Å²) in [5.41, 5.74) is 0.616. The van der Waals surface area contributed by atoms with Crippen LogP contribution in [0.15, 0.2) is 16.8 Å². The van der Waals surface area contributed by atoms with Crippen molar-refractivity contribution < 1.29 is 9.63 Å². The number of aliphatic hydroxyl groups excluding tert-OH is 1. The molecule has 2 rings (SSSR count). The van der Waals surface area contributed by atoms with Crippen LogP contribution in [0.3, 0.4) is 0 Å². The van der Waals surface area contributed by atoms with Gasteiger partial charge in [-0.3, -0.25) is 4.68 Å². The fourth-order valence-corrected chi connectivity index (χ4v) is 1.41. The fourth-order valence-electron chi connectivity index (χ4n) is 1.41. The third-order valence-corrected chi connectivity index (χ3v) is 2.23. The number of aliphatic hydroxyl groups is 1. The SMILES string of the molecule is CCCC(O)c1noc(-c2ccn(C)n2)n1. The first kappa shape index (κ1) is 10.8. The molecule has 0 saturated carbocycles. The van der Waals surface area contributed by atoms with E-state index in [4.69, 9.17) is 4.52 Å². The van der Waals surface area contributed by atoms with E-state index >= 15 is 0 Å². The van der Waals surface area contributed by atoms with Gasteiger partial charge in [-0.25, -0.2) is 0 Å². The third-order valence-electron chi connectivity index (χ3n) is 2.23. The molecule has 0 aromatic carbocycles. The zero-order chi connectivity index (χ0) is 11.5. The van der Waals surface area contributed by atoms with Crippen molar-refractivity contribution in [3.8, 4) is 11.6 Å². The maximum Gasteiger partial charge on any atom is 0.278 e. The van der Waals surface area contributed by atoms with Crippen LogP contribution in [-0.4, -0.2) is 25.0 Å². The first-order chi connectivity index (χ1) is 7.70. The maximum atomic E-state index is 9.68. The number of aromatic nitrogens is 4. The second-order valence-corrected chi connectivity index (χ2v) is 3.64. The first-order valence-electron chi connectivity index (χ1n) is 5.22. The Kier molecular flexibility index (Phi) is 3.00. The van der Waals surface area contributed by atoms with E-state index in [2.05, 4.69) is 15.2 Å². The van der Waals surface area contributed by atoms with Crippen LogP contribution in [0.4, 0.5) is 0 Å². The van der Waals surface area contributed by atoms with Gasteiger partial charge in [0.05, 0.1) is 0 Å². The summed E-state index contributed by atoms with van der Waals surface area (Å²) in [6, 6.07) is 1.78. The molecule has 1 N–H and O–H groups in total. The Balaban J connectivity index is 2.19. The Morgan fingerprint density at radius 1 is 1.56 bits per heavy atom. The molecule has 2 heterocycles. The van der Waals surface area contributed by atoms with E-state index in [1.807, 2.05) is 14.0 Å². The molecule has 0 aliphatic carbocycles. The summed E-state index contributed by atoms with van der Waals surface area (Å²) in [4.78, 5) is 4.11. The molecule has 0 saturated heterocycles. The average molecular weight is 222 g/mol. The number of aryl methyl sites for hydroxylation is 1. The van der Waals surface area contributed by atoms with E-state index in [-0.39, 0.29) is 0 Å². The number of nitrogens with zero attached hydrogens (tertiary/aromatic N) is 4. The summed E-state index contributed by atoms with van der Waals surface area (Å²) in [6.45, 7) is 1.99. The van der Waals surface area contributed by atoms with Gasteiger partial charge in [0.1, 0.15) is 6.10 Å². The molecule has 16 heavy (non-hydrogen) atoms. The lowest BCUT2D eigenvalue weighted by atomic mass is 10.2. The van der Waals surface area contributed by atoms with E-state index < -0.39 is 6.10 Å². The summed E-state index contributed by atoms with van der Waals surface area (Å²) >= 11 is 0. The fraction of sp³-hybridized carbons (Fsp3) is 0.500. The summed E-state index contributed by atoms with van der Waals surface area (Å²) in [6.07, 6.45) is 2.63. The van der Waals surface area contributed by atoms with E-state index in [1.54, 1.807) is 16.9 Å². The number of hydrogen-bond acceptors (Lipinski definition) is 5. The molecule has 0 radical (unpaired) electrons. The van der Waals surface area contributed by atoms with Crippen LogP contribution in [0.25, 0.3) is 11.6 Å². The molecule has 86 valence electrons. The van der Waals surface area contributed by atoms with Crippen LogP contribution >= 0.6 is 0 Å². The largest absolute Gasteiger partial charge is 0.385 e. The molecular weight excluding hydrogens is 208 g/mol. The van der Waals surface area contributed by atoms with Crippen molar-refractivity contribution in [3.05, 3.63) is 18.1 Å². The highest BCUT2D eigenvalue weighted by Crippen LogP contribution is 2.19. The topological polar surface area (TPSA) is 77.0 Å². The second-order valence-electron chi connectivity index (χ2n) is 3.64. The van der Waals surface area contributed by atoms with Gasteiger partial charge in [0.2, 0.25) is 5.82 Å². The van der Waals surface area contributed by atoms with E-state index in [9.17, 15) is 5.11 Å². The number of rotatable bonds is 4. The van der Waals surface area contributed by atoms with Gasteiger partial charge >= 0.3 is 0 Å². The average Bonchev–Trinajstić information content (AvgIpc) is 2.85. The van der Waals surface area contributed by atoms with E-state index in [0.717, 1.165) is 6.42 Å². The Hall–Kier alpha value is -1.69. The van der Waals surface area contributed by atoms with Gasteiger partial charge < -0.3 is 9.63 Å². The molecule has 1 atom stereocenters. The molecule has 1 unspecified atom stereocenters. The van der Waals surface area contributed by atoms with Crippen molar-refractivity contribution in [2.45, 2.75) is 25.9 Å². The standard InChI is InChI=1S/C10H14N4O2/c1-3-4-8(15)9-11-10(16-13-9)7-5-6-14(2)12-7/h5-6,8,15H,3-4H2,1-2H3. The molecule has 0 aliphatic heterocycles. The van der Waals surface area contributed by atoms with Crippen molar-refractivity contribution in [1.29, 1.82) is 0 Å². The lowest BCUT2D eigenvalue weighted by Gasteiger charge is -2.00. The normalized spacial score (nSPS) is 12.9. The zero-order valence-corrected chi connectivity index (χ0v) is 9.29. The third kappa shape index (κ3) is 2.11. The molecule has 0 amide bonds. The van der Waals surface area contributed by atoms with Gasteiger partial charge in [-0.15, -0.1) is 0 Å². The van der Waals surface area contributed by atoms with Crippen molar-refractivity contribution in [3.63, 3.8) is 0 Å². The van der Waals surface area contributed by atoms with Gasteiger partial charge in [0, 0.05) is 13.2 Å².